The van der Waals surface area contributed by atoms with Gasteiger partial charge < -0.3 is 20.3 Å². The van der Waals surface area contributed by atoms with E-state index in [1.54, 1.807) is 23.5 Å². The maximum absolute atomic E-state index is 10.7. The van der Waals surface area contributed by atoms with E-state index in [0.717, 1.165) is 32.3 Å². The number of phenolic OH excluding ortho intramolecular Hbond substituents is 1. The number of phenols is 1. The number of benzene rings is 2. The van der Waals surface area contributed by atoms with Crippen molar-refractivity contribution in [2.24, 2.45) is 0 Å². The molecule has 2 unspecified atom stereocenters. The molecule has 0 aliphatic heterocycles. The second kappa shape index (κ2) is 8.02. The molecule has 0 amide bonds. The fraction of sp³-hybridized carbons (Fsp3) is 0.130. The number of H-pyrrole nitrogens is 1. The number of thiophene rings is 1. The molecule has 5 heteroatoms. The summed E-state index contributed by atoms with van der Waals surface area (Å²) in [4.78, 5) is 5.22. The van der Waals surface area contributed by atoms with Crippen molar-refractivity contribution in [2.45, 2.75) is 18.6 Å². The number of rotatable bonds is 6. The van der Waals surface area contributed by atoms with Gasteiger partial charge in [-0.05, 0) is 47.5 Å². The normalized spacial score (nSPS) is 13.4. The molecule has 0 fully saturated rings. The van der Waals surface area contributed by atoms with Crippen molar-refractivity contribution in [3.8, 4) is 5.75 Å². The monoisotopic (exact) mass is 391 g/mol. The molecule has 0 spiro atoms. The third kappa shape index (κ3) is 3.73. The highest BCUT2D eigenvalue weighted by atomic mass is 32.1. The predicted molar refractivity (Wildman–Crippen MR) is 111 cm³/mol. The Labute approximate surface area is 167 Å². The minimum atomic E-state index is -0.669. The fourth-order valence-corrected chi connectivity index (χ4v) is 4.53. The molecule has 0 saturated carbocycles. The molecule has 2 atom stereocenters. The number of nitrogens with one attached hydrogen (secondary N) is 1. The van der Waals surface area contributed by atoms with Crippen LogP contribution < -0.4 is 0 Å². The molecule has 0 aliphatic carbocycles. The van der Waals surface area contributed by atoms with Crippen LogP contribution >= 0.6 is 11.3 Å². The van der Waals surface area contributed by atoms with E-state index in [1.165, 1.54) is 0 Å². The summed E-state index contributed by atoms with van der Waals surface area (Å²) in [6.07, 6.45) is -0.669. The minimum absolute atomic E-state index is 0.0509. The topological polar surface area (TPSA) is 76.5 Å². The van der Waals surface area contributed by atoms with Gasteiger partial charge in [0.2, 0.25) is 0 Å². The van der Waals surface area contributed by atoms with Crippen LogP contribution in [0.15, 0.2) is 78.9 Å². The average Bonchev–Trinajstić information content (AvgIpc) is 3.40. The molecule has 2 heterocycles. The van der Waals surface area contributed by atoms with Gasteiger partial charge in [-0.15, -0.1) is 11.3 Å². The lowest BCUT2D eigenvalue weighted by molar-refractivity contribution is 0.224. The Bertz CT molecular complexity index is 1040. The first-order valence-electron chi connectivity index (χ1n) is 9.06. The summed E-state index contributed by atoms with van der Waals surface area (Å²) in [5.41, 5.74) is 3.59. The van der Waals surface area contributed by atoms with Gasteiger partial charge in [-0.25, -0.2) is 0 Å². The van der Waals surface area contributed by atoms with Crippen molar-refractivity contribution < 1.29 is 15.3 Å². The van der Waals surface area contributed by atoms with Crippen LogP contribution in [0.4, 0.5) is 0 Å². The summed E-state index contributed by atoms with van der Waals surface area (Å²) in [6.45, 7) is -0.0509. The fourth-order valence-electron chi connectivity index (χ4n) is 3.35. The maximum atomic E-state index is 10.7. The number of aliphatic hydroxyl groups is 2. The summed E-state index contributed by atoms with van der Waals surface area (Å²) in [5.74, 6) is 0.138. The summed E-state index contributed by atoms with van der Waals surface area (Å²) < 4.78 is 0. The van der Waals surface area contributed by atoms with Gasteiger partial charge in [0.25, 0.3) is 0 Å². The summed E-state index contributed by atoms with van der Waals surface area (Å²) in [5, 5.41) is 29.8. The third-order valence-corrected chi connectivity index (χ3v) is 6.00. The Kier molecular flexibility index (Phi) is 5.30. The first-order valence-corrected chi connectivity index (χ1v) is 9.87. The van der Waals surface area contributed by atoms with Crippen LogP contribution in [0.5, 0.6) is 5.75 Å². The van der Waals surface area contributed by atoms with Crippen LogP contribution in [0.2, 0.25) is 0 Å². The van der Waals surface area contributed by atoms with Gasteiger partial charge in [-0.3, -0.25) is 0 Å². The Hall–Kier alpha value is -2.86. The van der Waals surface area contributed by atoms with E-state index < -0.39 is 6.10 Å². The lowest BCUT2D eigenvalue weighted by atomic mass is 9.94. The van der Waals surface area contributed by atoms with E-state index in [4.69, 9.17) is 0 Å². The largest absolute Gasteiger partial charge is 0.508 e. The maximum Gasteiger partial charge on any atom is 0.115 e. The summed E-state index contributed by atoms with van der Waals surface area (Å²) in [6, 6.07) is 24.6. The highest BCUT2D eigenvalue weighted by Gasteiger charge is 2.22. The van der Waals surface area contributed by atoms with Crippen molar-refractivity contribution in [2.75, 3.05) is 0 Å². The highest BCUT2D eigenvalue weighted by Crippen LogP contribution is 2.38. The zero-order valence-corrected chi connectivity index (χ0v) is 15.9. The summed E-state index contributed by atoms with van der Waals surface area (Å²) >= 11 is 1.56. The van der Waals surface area contributed by atoms with Crippen molar-refractivity contribution >= 4 is 11.3 Å². The molecule has 4 N–H and O–H groups in total. The zero-order valence-electron chi connectivity index (χ0n) is 15.1. The van der Waals surface area contributed by atoms with E-state index in [2.05, 4.69) is 4.98 Å². The van der Waals surface area contributed by atoms with E-state index in [-0.39, 0.29) is 18.3 Å². The number of hydrogen-bond acceptors (Lipinski definition) is 4. The second-order valence-corrected chi connectivity index (χ2v) is 7.82. The van der Waals surface area contributed by atoms with Gasteiger partial charge >= 0.3 is 0 Å². The minimum Gasteiger partial charge on any atom is -0.508 e. The molecule has 142 valence electrons. The smallest absolute Gasteiger partial charge is 0.115 e. The first kappa shape index (κ1) is 18.5. The quantitative estimate of drug-likeness (QED) is 0.390. The van der Waals surface area contributed by atoms with Crippen LogP contribution in [-0.4, -0.2) is 20.3 Å². The van der Waals surface area contributed by atoms with Crippen LogP contribution in [0.1, 0.15) is 44.3 Å². The standard InChI is InChI=1S/C23H21NO3S/c25-14-17-8-11-19(24-17)22(15-6-9-18(26)10-7-15)20-12-13-21(28-20)23(27)16-4-2-1-3-5-16/h1-13,22-27H,14H2. The van der Waals surface area contributed by atoms with Gasteiger partial charge in [0, 0.05) is 21.1 Å². The number of aliphatic hydroxyl groups excluding tert-OH is 2. The van der Waals surface area contributed by atoms with Crippen LogP contribution in [-0.2, 0) is 6.61 Å². The molecule has 4 rings (SSSR count). The van der Waals surface area contributed by atoms with Gasteiger partial charge in [0.1, 0.15) is 11.9 Å². The lowest BCUT2D eigenvalue weighted by Gasteiger charge is -2.16. The van der Waals surface area contributed by atoms with Crippen molar-refractivity contribution in [1.82, 2.24) is 4.98 Å². The molecule has 28 heavy (non-hydrogen) atoms. The first-order chi connectivity index (χ1) is 13.7. The van der Waals surface area contributed by atoms with Crippen LogP contribution in [0, 0.1) is 0 Å². The number of aromatic nitrogens is 1. The Morgan fingerprint density at radius 2 is 1.50 bits per heavy atom. The van der Waals surface area contributed by atoms with E-state index in [0.29, 0.717) is 0 Å². The Morgan fingerprint density at radius 3 is 2.18 bits per heavy atom. The van der Waals surface area contributed by atoms with E-state index >= 15 is 0 Å². The third-order valence-electron chi connectivity index (χ3n) is 4.79. The molecule has 0 aliphatic rings. The Balaban J connectivity index is 1.73. The molecule has 0 radical (unpaired) electrons. The molecular weight excluding hydrogens is 370 g/mol. The van der Waals surface area contributed by atoms with Gasteiger partial charge in [-0.2, -0.15) is 0 Å². The van der Waals surface area contributed by atoms with Gasteiger partial charge in [0.05, 0.1) is 12.5 Å². The molecular formula is C23H21NO3S. The number of aromatic hydroxyl groups is 1. The lowest BCUT2D eigenvalue weighted by Crippen LogP contribution is -2.02. The number of aromatic amines is 1. The highest BCUT2D eigenvalue weighted by molar-refractivity contribution is 7.12. The SMILES string of the molecule is OCc1ccc(C(c2ccc(O)cc2)c2ccc(C(O)c3ccccc3)s2)[nH]1. The predicted octanol–water partition coefficient (Wildman–Crippen LogP) is 4.54. The molecule has 2 aromatic carbocycles. The van der Waals surface area contributed by atoms with Crippen molar-refractivity contribution in [1.29, 1.82) is 0 Å². The molecule has 0 bridgehead atoms. The molecule has 4 nitrogen and oxygen atoms in total. The Morgan fingerprint density at radius 1 is 0.786 bits per heavy atom. The molecule has 0 saturated heterocycles. The second-order valence-electron chi connectivity index (χ2n) is 6.67. The summed E-state index contributed by atoms with van der Waals surface area (Å²) in [7, 11) is 0. The van der Waals surface area contributed by atoms with Gasteiger partial charge in [0.15, 0.2) is 0 Å². The number of hydrogen-bond donors (Lipinski definition) is 4. The van der Waals surface area contributed by atoms with Crippen LogP contribution in [0.25, 0.3) is 0 Å². The molecule has 2 aromatic heterocycles. The average molecular weight is 391 g/mol. The van der Waals surface area contributed by atoms with Crippen LogP contribution in [0.3, 0.4) is 0 Å². The van der Waals surface area contributed by atoms with E-state index in [9.17, 15) is 15.3 Å². The molecule has 4 aromatic rings. The van der Waals surface area contributed by atoms with E-state index in [1.807, 2.05) is 66.7 Å². The van der Waals surface area contributed by atoms with Gasteiger partial charge in [-0.1, -0.05) is 42.5 Å². The van der Waals surface area contributed by atoms with Crippen molar-refractivity contribution in [3.05, 3.63) is 111 Å². The van der Waals surface area contributed by atoms with Crippen molar-refractivity contribution in [3.63, 3.8) is 0 Å². The zero-order chi connectivity index (χ0) is 19.5.